The third-order valence-electron chi connectivity index (χ3n) is 3.66. The molecule has 2 heterocycles. The van der Waals surface area contributed by atoms with Crippen molar-refractivity contribution in [2.75, 3.05) is 7.11 Å². The van der Waals surface area contributed by atoms with E-state index in [1.54, 1.807) is 5.38 Å². The highest BCUT2D eigenvalue weighted by molar-refractivity contribution is 7.21. The minimum absolute atomic E-state index is 0.129. The maximum Gasteiger partial charge on any atom is 0.509 e. The average molecular weight is 284 g/mol. The molecule has 1 aliphatic heterocycles. The summed E-state index contributed by atoms with van der Waals surface area (Å²) in [6, 6.07) is 0. The van der Waals surface area contributed by atoms with Crippen LogP contribution < -0.4 is 4.78 Å². The molecule has 0 radical (unpaired) electrons. The topological polar surface area (TPSA) is 65.0 Å². The Morgan fingerprint density at radius 1 is 1.32 bits per heavy atom. The Morgan fingerprint density at radius 3 is 2.32 bits per heavy atom. The van der Waals surface area contributed by atoms with Crippen molar-refractivity contribution in [1.29, 1.82) is 0 Å². The van der Waals surface area contributed by atoms with Crippen LogP contribution in [-0.2, 0) is 14.0 Å². The van der Waals surface area contributed by atoms with Crippen LogP contribution in [0.3, 0.4) is 0 Å². The smallest absolute Gasteiger partial charge is 0.507 e. The van der Waals surface area contributed by atoms with Gasteiger partial charge in [0.25, 0.3) is 0 Å². The molecule has 0 spiro atoms. The van der Waals surface area contributed by atoms with Gasteiger partial charge >= 0.3 is 13.1 Å². The fourth-order valence-electron chi connectivity index (χ4n) is 1.74. The van der Waals surface area contributed by atoms with Crippen molar-refractivity contribution in [3.8, 4) is 5.75 Å². The predicted molar refractivity (Wildman–Crippen MR) is 73.0 cm³/mol. The van der Waals surface area contributed by atoms with Crippen molar-refractivity contribution < 1.29 is 23.9 Å². The molecule has 0 aromatic carbocycles. The van der Waals surface area contributed by atoms with Crippen LogP contribution in [0.15, 0.2) is 5.38 Å². The minimum atomic E-state index is -0.673. The lowest BCUT2D eigenvalue weighted by atomic mass is 9.86. The lowest BCUT2D eigenvalue weighted by Crippen LogP contribution is -2.41. The number of carbonyl (C=O) groups excluding carboxylic acids is 1. The summed E-state index contributed by atoms with van der Waals surface area (Å²) < 4.78 is 16.8. The molecule has 5 nitrogen and oxygen atoms in total. The molecule has 1 fully saturated rings. The van der Waals surface area contributed by atoms with Crippen LogP contribution >= 0.6 is 11.3 Å². The van der Waals surface area contributed by atoms with Gasteiger partial charge in [-0.3, -0.25) is 0 Å². The summed E-state index contributed by atoms with van der Waals surface area (Å²) >= 11 is 1.22. The third-order valence-corrected chi connectivity index (χ3v) is 4.66. The van der Waals surface area contributed by atoms with Gasteiger partial charge in [-0.05, 0) is 27.7 Å². The number of thiophene rings is 1. The molecule has 1 aromatic heterocycles. The molecule has 1 N–H and O–H groups in total. The number of hydrogen-bond donors (Lipinski definition) is 1. The monoisotopic (exact) mass is 284 g/mol. The van der Waals surface area contributed by atoms with Gasteiger partial charge in [-0.2, -0.15) is 0 Å². The van der Waals surface area contributed by atoms with Gasteiger partial charge in [0.1, 0.15) is 11.3 Å². The van der Waals surface area contributed by atoms with Gasteiger partial charge in [-0.15, -0.1) is 11.3 Å². The van der Waals surface area contributed by atoms with E-state index in [0.717, 1.165) is 0 Å². The molecule has 104 valence electrons. The molecule has 0 aliphatic carbocycles. The molecule has 0 unspecified atom stereocenters. The number of ether oxygens (including phenoxy) is 1. The Labute approximate surface area is 116 Å². The standard InChI is InChI=1S/C12H17BO5S/c1-11(2)12(3,4)18-13(17-11)9-8(14)7(6-19-9)10(15)16-5/h6,14H,1-5H3. The highest BCUT2D eigenvalue weighted by Crippen LogP contribution is 2.38. The SMILES string of the molecule is COC(=O)c1csc(B2OC(C)(C)C(C)(C)O2)c1O. The van der Waals surface area contributed by atoms with Crippen LogP contribution in [-0.4, -0.2) is 36.5 Å². The van der Waals surface area contributed by atoms with E-state index < -0.39 is 24.3 Å². The molecule has 1 aromatic rings. The second kappa shape index (κ2) is 4.50. The summed E-state index contributed by atoms with van der Waals surface area (Å²) in [7, 11) is 0.599. The average Bonchev–Trinajstić information content (AvgIpc) is 2.77. The third kappa shape index (κ3) is 2.26. The molecule has 0 amide bonds. The van der Waals surface area contributed by atoms with Gasteiger partial charge in [0, 0.05) is 5.38 Å². The Kier molecular flexibility index (Phi) is 3.41. The second-order valence-corrected chi connectivity index (χ2v) is 6.35. The van der Waals surface area contributed by atoms with Gasteiger partial charge < -0.3 is 19.2 Å². The fourth-order valence-corrected chi connectivity index (χ4v) is 2.62. The summed E-state index contributed by atoms with van der Waals surface area (Å²) in [5, 5.41) is 11.6. The lowest BCUT2D eigenvalue weighted by molar-refractivity contribution is 0.00578. The number of hydrogen-bond acceptors (Lipinski definition) is 6. The molecular formula is C12H17BO5S. The van der Waals surface area contributed by atoms with E-state index in [1.807, 2.05) is 27.7 Å². The highest BCUT2D eigenvalue weighted by atomic mass is 32.1. The van der Waals surface area contributed by atoms with E-state index in [0.29, 0.717) is 4.78 Å². The number of aromatic hydroxyl groups is 1. The fraction of sp³-hybridized carbons (Fsp3) is 0.583. The number of esters is 1. The van der Waals surface area contributed by atoms with Crippen molar-refractivity contribution in [3.05, 3.63) is 10.9 Å². The lowest BCUT2D eigenvalue weighted by Gasteiger charge is -2.32. The summed E-state index contributed by atoms with van der Waals surface area (Å²) in [4.78, 5) is 11.5. The molecule has 19 heavy (non-hydrogen) atoms. The van der Waals surface area contributed by atoms with E-state index in [1.165, 1.54) is 18.4 Å². The van der Waals surface area contributed by atoms with Crippen LogP contribution in [0.2, 0.25) is 0 Å². The largest absolute Gasteiger partial charge is 0.509 e. The zero-order valence-electron chi connectivity index (χ0n) is 11.6. The van der Waals surface area contributed by atoms with Crippen molar-refractivity contribution in [2.45, 2.75) is 38.9 Å². The van der Waals surface area contributed by atoms with E-state index in [2.05, 4.69) is 4.74 Å². The van der Waals surface area contributed by atoms with Crippen molar-refractivity contribution in [2.24, 2.45) is 0 Å². The van der Waals surface area contributed by atoms with Crippen LogP contribution in [0.25, 0.3) is 0 Å². The Hall–Kier alpha value is -1.05. The summed E-state index contributed by atoms with van der Waals surface area (Å²) in [6.45, 7) is 7.72. The number of methoxy groups -OCH3 is 1. The van der Waals surface area contributed by atoms with Gasteiger partial charge in [0.05, 0.1) is 23.1 Å². The number of carbonyl (C=O) groups is 1. The maximum absolute atomic E-state index is 11.5. The highest BCUT2D eigenvalue weighted by Gasteiger charge is 2.53. The molecule has 0 bridgehead atoms. The number of rotatable bonds is 2. The van der Waals surface area contributed by atoms with Crippen LogP contribution in [0.1, 0.15) is 38.1 Å². The summed E-state index contributed by atoms with van der Waals surface area (Å²) in [6.07, 6.45) is 0. The molecule has 2 rings (SSSR count). The first-order valence-electron chi connectivity index (χ1n) is 5.94. The van der Waals surface area contributed by atoms with Crippen LogP contribution in [0.4, 0.5) is 0 Å². The first-order valence-corrected chi connectivity index (χ1v) is 6.82. The van der Waals surface area contributed by atoms with Gasteiger partial charge in [-0.1, -0.05) is 0 Å². The van der Waals surface area contributed by atoms with Gasteiger partial charge in [0.15, 0.2) is 0 Å². The zero-order chi connectivity index (χ0) is 14.4. The van der Waals surface area contributed by atoms with Crippen LogP contribution in [0, 0.1) is 0 Å². The van der Waals surface area contributed by atoms with Crippen molar-refractivity contribution >= 4 is 29.2 Å². The van der Waals surface area contributed by atoms with E-state index >= 15 is 0 Å². The van der Waals surface area contributed by atoms with Gasteiger partial charge in [-0.25, -0.2) is 4.79 Å². The molecule has 7 heteroatoms. The van der Waals surface area contributed by atoms with E-state index in [9.17, 15) is 9.90 Å². The van der Waals surface area contributed by atoms with E-state index in [-0.39, 0.29) is 11.3 Å². The minimum Gasteiger partial charge on any atom is -0.507 e. The van der Waals surface area contributed by atoms with Crippen LogP contribution in [0.5, 0.6) is 5.75 Å². The normalized spacial score (nSPS) is 20.6. The molecule has 1 aliphatic rings. The molecule has 0 atom stereocenters. The Bertz CT molecular complexity index is 492. The quantitative estimate of drug-likeness (QED) is 0.659. The molecular weight excluding hydrogens is 267 g/mol. The van der Waals surface area contributed by atoms with Gasteiger partial charge in [0.2, 0.25) is 0 Å². The summed E-state index contributed by atoms with van der Waals surface area (Å²) in [5.74, 6) is -0.702. The van der Waals surface area contributed by atoms with Crippen molar-refractivity contribution in [3.63, 3.8) is 0 Å². The predicted octanol–water partition coefficient (Wildman–Crippen LogP) is 1.54. The second-order valence-electron chi connectivity index (χ2n) is 5.44. The Balaban J connectivity index is 2.31. The maximum atomic E-state index is 11.5. The van der Waals surface area contributed by atoms with Crippen molar-refractivity contribution in [1.82, 2.24) is 0 Å². The zero-order valence-corrected chi connectivity index (χ0v) is 12.5. The molecule has 0 saturated carbocycles. The van der Waals surface area contributed by atoms with E-state index in [4.69, 9.17) is 9.31 Å². The first-order chi connectivity index (χ1) is 8.69. The first kappa shape index (κ1) is 14.4. The Morgan fingerprint density at radius 2 is 1.84 bits per heavy atom. The molecule has 1 saturated heterocycles. The summed E-state index contributed by atoms with van der Waals surface area (Å²) in [5.41, 5.74) is -0.837.